The van der Waals surface area contributed by atoms with Gasteiger partial charge in [-0.3, -0.25) is 4.79 Å². The third-order valence-corrected chi connectivity index (χ3v) is 5.67. The minimum atomic E-state index is -0.277. The lowest BCUT2D eigenvalue weighted by molar-refractivity contribution is 0.343. The minimum absolute atomic E-state index is 0.0694. The molecule has 0 saturated carbocycles. The van der Waals surface area contributed by atoms with Crippen molar-refractivity contribution in [1.82, 2.24) is 9.97 Å². The number of rotatable bonds is 6. The largest absolute Gasteiger partial charge is 0.493 e. The summed E-state index contributed by atoms with van der Waals surface area (Å²) in [5.41, 5.74) is 0.940. The number of halogens is 1. The van der Waals surface area contributed by atoms with Gasteiger partial charge >= 0.3 is 0 Å². The van der Waals surface area contributed by atoms with E-state index in [1.165, 1.54) is 12.1 Å². The monoisotopic (exact) mass is 364 g/mol. The highest BCUT2D eigenvalue weighted by Crippen LogP contribution is 2.26. The first-order valence-electron chi connectivity index (χ1n) is 7.49. The van der Waals surface area contributed by atoms with Gasteiger partial charge in [-0.25, -0.2) is 9.37 Å². The van der Waals surface area contributed by atoms with Gasteiger partial charge in [-0.1, -0.05) is 0 Å². The lowest BCUT2D eigenvalue weighted by atomic mass is 10.2. The number of benzene rings is 1. The lowest BCUT2D eigenvalue weighted by Gasteiger charge is -2.06. The van der Waals surface area contributed by atoms with E-state index in [0.717, 1.165) is 21.0 Å². The zero-order chi connectivity index (χ0) is 17.1. The van der Waals surface area contributed by atoms with Gasteiger partial charge in [-0.2, -0.15) is 11.8 Å². The molecular formula is C17H17FN2O2S2. The Labute approximate surface area is 147 Å². The number of ether oxygens (including phenoxy) is 1. The molecule has 1 aromatic carbocycles. The predicted octanol–water partition coefficient (Wildman–Crippen LogP) is 4.05. The Hall–Kier alpha value is -1.86. The summed E-state index contributed by atoms with van der Waals surface area (Å²) in [5, 5.41) is 0.700. The third-order valence-electron chi connectivity index (χ3n) is 3.64. The average molecular weight is 364 g/mol. The molecule has 7 heteroatoms. The molecule has 4 nitrogen and oxygen atoms in total. The topological polar surface area (TPSA) is 55.0 Å². The standard InChI is InChI=1S/C17H17FN2O2S2/c1-10-11(2)24-17-15(10)16(21)19-14(20-17)9-23-8-7-22-13-5-3-12(18)4-6-13/h3-6H,7-9H2,1-2H3,(H,19,20,21). The maximum absolute atomic E-state index is 12.8. The smallest absolute Gasteiger partial charge is 0.259 e. The molecule has 0 atom stereocenters. The SMILES string of the molecule is Cc1sc2nc(CSCCOc3ccc(F)cc3)[nH]c(=O)c2c1C. The number of H-pyrrole nitrogens is 1. The van der Waals surface area contributed by atoms with Crippen molar-refractivity contribution in [2.45, 2.75) is 19.6 Å². The summed E-state index contributed by atoms with van der Waals surface area (Å²) in [6, 6.07) is 5.96. The molecule has 24 heavy (non-hydrogen) atoms. The molecule has 0 saturated heterocycles. The molecular weight excluding hydrogens is 347 g/mol. The second kappa shape index (κ2) is 7.36. The molecule has 0 radical (unpaired) electrons. The Bertz CT molecular complexity index is 903. The second-order valence-corrected chi connectivity index (χ2v) is 7.64. The van der Waals surface area contributed by atoms with Crippen LogP contribution in [0.25, 0.3) is 10.2 Å². The van der Waals surface area contributed by atoms with Gasteiger partial charge in [0, 0.05) is 10.6 Å². The molecule has 2 aromatic heterocycles. The van der Waals surface area contributed by atoms with Crippen LogP contribution >= 0.6 is 23.1 Å². The number of fused-ring (bicyclic) bond motifs is 1. The van der Waals surface area contributed by atoms with E-state index in [4.69, 9.17) is 4.74 Å². The van der Waals surface area contributed by atoms with Gasteiger partial charge in [0.15, 0.2) is 0 Å². The van der Waals surface area contributed by atoms with Crippen LogP contribution in [0, 0.1) is 19.7 Å². The molecule has 0 fully saturated rings. The van der Waals surface area contributed by atoms with Crippen molar-refractivity contribution >= 4 is 33.3 Å². The van der Waals surface area contributed by atoms with Crippen molar-refractivity contribution in [3.63, 3.8) is 0 Å². The van der Waals surface area contributed by atoms with Crippen LogP contribution in [-0.2, 0) is 5.75 Å². The van der Waals surface area contributed by atoms with Crippen molar-refractivity contribution in [3.8, 4) is 5.75 Å². The highest BCUT2D eigenvalue weighted by molar-refractivity contribution is 7.98. The van der Waals surface area contributed by atoms with Gasteiger partial charge in [-0.05, 0) is 43.7 Å². The number of thioether (sulfide) groups is 1. The molecule has 0 amide bonds. The van der Waals surface area contributed by atoms with Gasteiger partial charge in [0.05, 0.1) is 17.7 Å². The maximum atomic E-state index is 12.8. The van der Waals surface area contributed by atoms with Crippen molar-refractivity contribution < 1.29 is 9.13 Å². The van der Waals surface area contributed by atoms with E-state index >= 15 is 0 Å². The van der Waals surface area contributed by atoms with E-state index in [2.05, 4.69) is 9.97 Å². The quantitative estimate of drug-likeness (QED) is 0.671. The highest BCUT2D eigenvalue weighted by atomic mass is 32.2. The summed E-state index contributed by atoms with van der Waals surface area (Å²) < 4.78 is 18.3. The molecule has 0 unspecified atom stereocenters. The maximum Gasteiger partial charge on any atom is 0.259 e. The number of nitrogens with one attached hydrogen (secondary N) is 1. The zero-order valence-corrected chi connectivity index (χ0v) is 15.0. The molecule has 3 rings (SSSR count). The van der Waals surface area contributed by atoms with E-state index in [-0.39, 0.29) is 11.4 Å². The van der Waals surface area contributed by atoms with Crippen molar-refractivity contribution in [2.75, 3.05) is 12.4 Å². The number of aryl methyl sites for hydroxylation is 2. The number of aromatic amines is 1. The summed E-state index contributed by atoms with van der Waals surface area (Å²) >= 11 is 3.18. The molecule has 0 aliphatic carbocycles. The van der Waals surface area contributed by atoms with Crippen molar-refractivity contribution in [2.24, 2.45) is 0 Å². The van der Waals surface area contributed by atoms with Gasteiger partial charge in [-0.15, -0.1) is 11.3 Å². The highest BCUT2D eigenvalue weighted by Gasteiger charge is 2.11. The number of thiophene rings is 1. The summed E-state index contributed by atoms with van der Waals surface area (Å²) in [6.07, 6.45) is 0. The predicted molar refractivity (Wildman–Crippen MR) is 97.8 cm³/mol. The van der Waals surface area contributed by atoms with Crippen LogP contribution in [0.1, 0.15) is 16.3 Å². The van der Waals surface area contributed by atoms with Crippen LogP contribution in [0.5, 0.6) is 5.75 Å². The Morgan fingerprint density at radius 2 is 2.04 bits per heavy atom. The average Bonchev–Trinajstić information content (AvgIpc) is 2.84. The van der Waals surface area contributed by atoms with Crippen LogP contribution in [0.3, 0.4) is 0 Å². The van der Waals surface area contributed by atoms with E-state index in [9.17, 15) is 9.18 Å². The van der Waals surface area contributed by atoms with Crippen molar-refractivity contribution in [3.05, 3.63) is 56.7 Å². The van der Waals surface area contributed by atoms with E-state index in [1.54, 1.807) is 35.2 Å². The first-order valence-corrected chi connectivity index (χ1v) is 9.46. The Balaban J connectivity index is 1.54. The first kappa shape index (κ1) is 17.0. The van der Waals surface area contributed by atoms with Gasteiger partial charge in [0.2, 0.25) is 0 Å². The van der Waals surface area contributed by atoms with Crippen LogP contribution in [0.2, 0.25) is 0 Å². The molecule has 3 aromatic rings. The number of nitrogens with zero attached hydrogens (tertiary/aromatic N) is 1. The molecule has 0 spiro atoms. The fourth-order valence-corrected chi connectivity index (χ4v) is 4.01. The minimum Gasteiger partial charge on any atom is -0.493 e. The summed E-state index contributed by atoms with van der Waals surface area (Å²) in [6.45, 7) is 4.47. The van der Waals surface area contributed by atoms with Crippen LogP contribution < -0.4 is 10.3 Å². The van der Waals surface area contributed by atoms with Gasteiger partial charge < -0.3 is 9.72 Å². The van der Waals surface area contributed by atoms with E-state index in [1.807, 2.05) is 13.8 Å². The fourth-order valence-electron chi connectivity index (χ4n) is 2.29. The number of hydrogen-bond donors (Lipinski definition) is 1. The third kappa shape index (κ3) is 3.79. The van der Waals surface area contributed by atoms with Gasteiger partial charge in [0.25, 0.3) is 5.56 Å². The lowest BCUT2D eigenvalue weighted by Crippen LogP contribution is -2.11. The van der Waals surface area contributed by atoms with Crippen LogP contribution in [0.4, 0.5) is 4.39 Å². The van der Waals surface area contributed by atoms with Crippen molar-refractivity contribution in [1.29, 1.82) is 0 Å². The molecule has 1 N–H and O–H groups in total. The van der Waals surface area contributed by atoms with E-state index < -0.39 is 0 Å². The molecule has 126 valence electrons. The fraction of sp³-hybridized carbons (Fsp3) is 0.294. The normalized spacial score (nSPS) is 11.1. The number of aromatic nitrogens is 2. The van der Waals surface area contributed by atoms with Crippen LogP contribution in [0.15, 0.2) is 29.1 Å². The molecule has 0 bridgehead atoms. The Morgan fingerprint density at radius 1 is 1.29 bits per heavy atom. The molecule has 0 aliphatic heterocycles. The number of hydrogen-bond acceptors (Lipinski definition) is 5. The summed E-state index contributed by atoms with van der Waals surface area (Å²) in [5.74, 6) is 2.42. The Morgan fingerprint density at radius 3 is 2.79 bits per heavy atom. The van der Waals surface area contributed by atoms with E-state index in [0.29, 0.717) is 29.3 Å². The first-order chi connectivity index (χ1) is 11.5. The zero-order valence-electron chi connectivity index (χ0n) is 13.4. The van der Waals surface area contributed by atoms with Gasteiger partial charge in [0.1, 0.15) is 22.2 Å². The molecule has 0 aliphatic rings. The summed E-state index contributed by atoms with van der Waals surface area (Å²) in [7, 11) is 0. The Kier molecular flexibility index (Phi) is 5.20. The summed E-state index contributed by atoms with van der Waals surface area (Å²) in [4.78, 5) is 21.5. The van der Waals surface area contributed by atoms with Crippen LogP contribution in [-0.4, -0.2) is 22.3 Å². The second-order valence-electron chi connectivity index (χ2n) is 5.33. The molecule has 2 heterocycles.